The van der Waals surface area contributed by atoms with E-state index in [9.17, 15) is 0 Å². The van der Waals surface area contributed by atoms with Crippen molar-refractivity contribution in [1.82, 2.24) is 10.4 Å². The monoisotopic (exact) mass is 319 g/mol. The molecule has 0 fully saturated rings. The van der Waals surface area contributed by atoms with E-state index >= 15 is 0 Å². The second-order valence-corrected chi connectivity index (χ2v) is 5.51. The molecule has 2 rings (SSSR count). The van der Waals surface area contributed by atoms with E-state index in [0.29, 0.717) is 0 Å². The fraction of sp³-hybridized carbons (Fsp3) is 0.267. The summed E-state index contributed by atoms with van der Waals surface area (Å²) in [4.78, 5) is 4.02. The van der Waals surface area contributed by atoms with Gasteiger partial charge >= 0.3 is 0 Å². The van der Waals surface area contributed by atoms with Gasteiger partial charge in [0.25, 0.3) is 0 Å². The summed E-state index contributed by atoms with van der Waals surface area (Å²) in [5.41, 5.74) is 5.49. The Labute approximate surface area is 122 Å². The first kappa shape index (κ1) is 14.2. The van der Waals surface area contributed by atoms with Gasteiger partial charge in [-0.1, -0.05) is 28.1 Å². The van der Waals surface area contributed by atoms with Crippen molar-refractivity contribution < 1.29 is 0 Å². The molecule has 0 amide bonds. The van der Waals surface area contributed by atoms with Crippen LogP contribution in [0.15, 0.2) is 53.3 Å². The molecule has 1 atom stereocenters. The van der Waals surface area contributed by atoms with Gasteiger partial charge in [-0.25, -0.2) is 0 Å². The molecule has 0 spiro atoms. The van der Waals surface area contributed by atoms with Crippen molar-refractivity contribution >= 4 is 15.9 Å². The number of nitrogens with two attached hydrogens (primary N) is 1. The number of nitrogens with zero attached hydrogens (tertiary/aromatic N) is 1. The van der Waals surface area contributed by atoms with Crippen LogP contribution >= 0.6 is 15.9 Å². The number of benzene rings is 1. The van der Waals surface area contributed by atoms with Crippen LogP contribution in [0.5, 0.6) is 0 Å². The highest BCUT2D eigenvalue weighted by atomic mass is 79.9. The smallest absolute Gasteiger partial charge is 0.0270 e. The number of aromatic nitrogens is 1. The van der Waals surface area contributed by atoms with E-state index in [2.05, 4.69) is 44.5 Å². The molecule has 3 N–H and O–H groups in total. The largest absolute Gasteiger partial charge is 0.271 e. The lowest BCUT2D eigenvalue weighted by Crippen LogP contribution is -2.37. The summed E-state index contributed by atoms with van der Waals surface area (Å²) in [6.07, 6.45) is 6.60. The van der Waals surface area contributed by atoms with Crippen LogP contribution in [0.25, 0.3) is 0 Å². The number of hydrazine groups is 1. The number of hydrogen-bond acceptors (Lipinski definition) is 3. The van der Waals surface area contributed by atoms with Gasteiger partial charge in [-0.05, 0) is 54.7 Å². The maximum atomic E-state index is 5.65. The van der Waals surface area contributed by atoms with Gasteiger partial charge in [0.1, 0.15) is 0 Å². The highest BCUT2D eigenvalue weighted by molar-refractivity contribution is 9.10. The highest BCUT2D eigenvalue weighted by Crippen LogP contribution is 2.14. The highest BCUT2D eigenvalue weighted by Gasteiger charge is 2.08. The number of aryl methyl sites for hydroxylation is 1. The Balaban J connectivity index is 1.90. The average molecular weight is 320 g/mol. The number of nitrogens with one attached hydrogen (secondary N) is 1. The maximum Gasteiger partial charge on any atom is 0.0270 e. The standard InChI is InChI=1S/C15H18BrN3/c16-14-3-1-2-13(10-14)11-15(19-17)5-4-12-6-8-18-9-7-12/h1-3,6-10,15,19H,4-5,11,17H2. The first-order valence-electron chi connectivity index (χ1n) is 6.37. The lowest BCUT2D eigenvalue weighted by atomic mass is 10.00. The zero-order chi connectivity index (χ0) is 13.5. The van der Waals surface area contributed by atoms with Crippen LogP contribution in [0.2, 0.25) is 0 Å². The van der Waals surface area contributed by atoms with E-state index < -0.39 is 0 Å². The molecule has 1 unspecified atom stereocenters. The van der Waals surface area contributed by atoms with Gasteiger partial charge in [-0.2, -0.15) is 0 Å². The summed E-state index contributed by atoms with van der Waals surface area (Å²) in [6.45, 7) is 0. The zero-order valence-corrected chi connectivity index (χ0v) is 12.3. The summed E-state index contributed by atoms with van der Waals surface area (Å²) < 4.78 is 1.11. The first-order chi connectivity index (χ1) is 9.28. The van der Waals surface area contributed by atoms with E-state index in [1.54, 1.807) is 0 Å². The predicted octanol–water partition coefficient (Wildman–Crippen LogP) is 2.85. The second kappa shape index (κ2) is 7.38. The predicted molar refractivity (Wildman–Crippen MR) is 81.5 cm³/mol. The summed E-state index contributed by atoms with van der Waals surface area (Å²) >= 11 is 3.49. The third kappa shape index (κ3) is 4.74. The topological polar surface area (TPSA) is 50.9 Å². The van der Waals surface area contributed by atoms with Gasteiger partial charge in [0.2, 0.25) is 0 Å². The number of hydrogen-bond donors (Lipinski definition) is 2. The van der Waals surface area contributed by atoms with E-state index in [0.717, 1.165) is 23.7 Å². The van der Waals surface area contributed by atoms with Crippen LogP contribution in [0, 0.1) is 0 Å². The third-order valence-electron chi connectivity index (χ3n) is 3.14. The van der Waals surface area contributed by atoms with Crippen molar-refractivity contribution in [1.29, 1.82) is 0 Å². The van der Waals surface area contributed by atoms with Crippen molar-refractivity contribution in [2.24, 2.45) is 5.84 Å². The van der Waals surface area contributed by atoms with Gasteiger partial charge < -0.3 is 0 Å². The van der Waals surface area contributed by atoms with Gasteiger partial charge in [0.05, 0.1) is 0 Å². The molecule has 19 heavy (non-hydrogen) atoms. The molecule has 4 heteroatoms. The van der Waals surface area contributed by atoms with Gasteiger partial charge in [0, 0.05) is 22.9 Å². The second-order valence-electron chi connectivity index (χ2n) is 4.59. The first-order valence-corrected chi connectivity index (χ1v) is 7.16. The Morgan fingerprint density at radius 1 is 1.16 bits per heavy atom. The fourth-order valence-corrected chi connectivity index (χ4v) is 2.53. The molecular weight excluding hydrogens is 302 g/mol. The number of halogens is 1. The zero-order valence-electron chi connectivity index (χ0n) is 10.7. The summed E-state index contributed by atoms with van der Waals surface area (Å²) in [6, 6.07) is 12.7. The lowest BCUT2D eigenvalue weighted by Gasteiger charge is -2.16. The number of pyridine rings is 1. The molecule has 0 radical (unpaired) electrons. The minimum absolute atomic E-state index is 0.280. The molecule has 0 aliphatic heterocycles. The minimum atomic E-state index is 0.280. The average Bonchev–Trinajstić information content (AvgIpc) is 2.44. The van der Waals surface area contributed by atoms with Crippen LogP contribution in [-0.4, -0.2) is 11.0 Å². The van der Waals surface area contributed by atoms with E-state index in [4.69, 9.17) is 5.84 Å². The summed E-state index contributed by atoms with van der Waals surface area (Å²) in [5.74, 6) is 5.65. The van der Waals surface area contributed by atoms with Crippen molar-refractivity contribution in [2.45, 2.75) is 25.3 Å². The quantitative estimate of drug-likeness (QED) is 0.636. The van der Waals surface area contributed by atoms with Crippen LogP contribution in [0.1, 0.15) is 17.5 Å². The molecule has 1 aromatic heterocycles. The Morgan fingerprint density at radius 2 is 1.95 bits per heavy atom. The third-order valence-corrected chi connectivity index (χ3v) is 3.63. The summed E-state index contributed by atoms with van der Waals surface area (Å²) in [5, 5.41) is 0. The summed E-state index contributed by atoms with van der Waals surface area (Å²) in [7, 11) is 0. The normalized spacial score (nSPS) is 12.3. The molecular formula is C15H18BrN3. The molecule has 3 nitrogen and oxygen atoms in total. The molecule has 0 saturated carbocycles. The Hall–Kier alpha value is -1.23. The fourth-order valence-electron chi connectivity index (χ4n) is 2.08. The van der Waals surface area contributed by atoms with Crippen LogP contribution in [-0.2, 0) is 12.8 Å². The van der Waals surface area contributed by atoms with Gasteiger partial charge in [-0.15, -0.1) is 0 Å². The lowest BCUT2D eigenvalue weighted by molar-refractivity contribution is 0.491. The molecule has 2 aromatic rings. The molecule has 0 aliphatic rings. The minimum Gasteiger partial charge on any atom is -0.271 e. The molecule has 1 heterocycles. The van der Waals surface area contributed by atoms with Gasteiger partial charge in [0.15, 0.2) is 0 Å². The SMILES string of the molecule is NNC(CCc1ccncc1)Cc1cccc(Br)c1. The van der Waals surface area contributed by atoms with Crippen LogP contribution in [0.4, 0.5) is 0 Å². The van der Waals surface area contributed by atoms with E-state index in [-0.39, 0.29) is 6.04 Å². The van der Waals surface area contributed by atoms with Crippen molar-refractivity contribution in [3.63, 3.8) is 0 Å². The van der Waals surface area contributed by atoms with Crippen molar-refractivity contribution in [3.8, 4) is 0 Å². The molecule has 0 aliphatic carbocycles. The molecule has 100 valence electrons. The van der Waals surface area contributed by atoms with Crippen molar-refractivity contribution in [3.05, 3.63) is 64.4 Å². The van der Waals surface area contributed by atoms with Crippen molar-refractivity contribution in [2.75, 3.05) is 0 Å². The molecule has 0 bridgehead atoms. The Morgan fingerprint density at radius 3 is 2.63 bits per heavy atom. The van der Waals surface area contributed by atoms with E-state index in [1.807, 2.05) is 30.6 Å². The molecule has 1 aromatic carbocycles. The van der Waals surface area contributed by atoms with Crippen LogP contribution < -0.4 is 11.3 Å². The van der Waals surface area contributed by atoms with Gasteiger partial charge in [-0.3, -0.25) is 16.3 Å². The maximum absolute atomic E-state index is 5.65. The Kier molecular flexibility index (Phi) is 5.51. The molecule has 0 saturated heterocycles. The van der Waals surface area contributed by atoms with Crippen LogP contribution in [0.3, 0.4) is 0 Å². The Bertz CT molecular complexity index is 502. The van der Waals surface area contributed by atoms with E-state index in [1.165, 1.54) is 11.1 Å². The number of rotatable bonds is 6.